The molecule has 1 saturated carbocycles. The Morgan fingerprint density at radius 1 is 1.22 bits per heavy atom. The zero-order chi connectivity index (χ0) is 16.5. The Morgan fingerprint density at radius 3 is 2.52 bits per heavy atom. The second-order valence-electron chi connectivity index (χ2n) is 6.19. The Kier molecular flexibility index (Phi) is 6.84. The molecule has 2 N–H and O–H groups in total. The first kappa shape index (κ1) is 17.7. The number of halogens is 1. The normalized spacial score (nSPS) is 17.3. The van der Waals surface area contributed by atoms with Gasteiger partial charge in [-0.15, -0.1) is 0 Å². The summed E-state index contributed by atoms with van der Waals surface area (Å²) in [6.45, 7) is 2.39. The molecule has 0 spiro atoms. The number of aliphatic imine (C=N–C) groups is 1. The van der Waals surface area contributed by atoms with Crippen LogP contribution in [0, 0.1) is 5.82 Å². The number of nitrogens with zero attached hydrogens (tertiary/aromatic N) is 1. The first-order chi connectivity index (χ1) is 11.2. The summed E-state index contributed by atoms with van der Waals surface area (Å²) in [6, 6.07) is 6.98. The van der Waals surface area contributed by atoms with Gasteiger partial charge in [0.1, 0.15) is 5.82 Å². The average molecular weight is 321 g/mol. The van der Waals surface area contributed by atoms with Gasteiger partial charge in [0, 0.05) is 39.3 Å². The van der Waals surface area contributed by atoms with Crippen molar-refractivity contribution in [3.8, 4) is 0 Å². The molecular formula is C18H28FN3O. The maximum absolute atomic E-state index is 13.2. The fourth-order valence-electron chi connectivity index (χ4n) is 3.32. The topological polar surface area (TPSA) is 45.7 Å². The summed E-state index contributed by atoms with van der Waals surface area (Å²) in [5, 5.41) is 6.75. The van der Waals surface area contributed by atoms with Crippen molar-refractivity contribution in [3.63, 3.8) is 0 Å². The molecule has 1 aromatic carbocycles. The van der Waals surface area contributed by atoms with E-state index in [-0.39, 0.29) is 11.2 Å². The molecule has 0 bridgehead atoms. The molecule has 23 heavy (non-hydrogen) atoms. The molecule has 0 heterocycles. The van der Waals surface area contributed by atoms with Crippen LogP contribution in [0.25, 0.3) is 0 Å². The van der Waals surface area contributed by atoms with Crippen molar-refractivity contribution in [3.05, 3.63) is 35.6 Å². The molecule has 1 aromatic rings. The van der Waals surface area contributed by atoms with E-state index < -0.39 is 0 Å². The van der Waals surface area contributed by atoms with Gasteiger partial charge in [0.25, 0.3) is 0 Å². The predicted molar refractivity (Wildman–Crippen MR) is 92.4 cm³/mol. The molecule has 5 heteroatoms. The van der Waals surface area contributed by atoms with Crippen LogP contribution in [-0.4, -0.2) is 39.8 Å². The highest BCUT2D eigenvalue weighted by Gasteiger charge is 2.35. The fraction of sp³-hybridized carbons (Fsp3) is 0.611. The third-order valence-corrected chi connectivity index (χ3v) is 4.65. The number of benzene rings is 1. The first-order valence-corrected chi connectivity index (χ1v) is 8.40. The maximum atomic E-state index is 13.2. The van der Waals surface area contributed by atoms with Crippen molar-refractivity contribution < 1.29 is 9.13 Å². The molecule has 0 saturated heterocycles. The van der Waals surface area contributed by atoms with E-state index in [0.29, 0.717) is 0 Å². The van der Waals surface area contributed by atoms with Crippen LogP contribution in [0.2, 0.25) is 0 Å². The number of rotatable bonds is 7. The molecule has 4 nitrogen and oxygen atoms in total. The molecule has 0 aliphatic heterocycles. The molecule has 1 fully saturated rings. The summed E-state index contributed by atoms with van der Waals surface area (Å²) in [6.07, 6.45) is 5.65. The van der Waals surface area contributed by atoms with Crippen LogP contribution in [0.4, 0.5) is 4.39 Å². The lowest BCUT2D eigenvalue weighted by Gasteiger charge is -2.31. The van der Waals surface area contributed by atoms with E-state index in [4.69, 9.17) is 4.74 Å². The SMILES string of the molecule is CN=C(NCCCOC)NCC1(c2ccc(F)cc2)CCCC1. The number of ether oxygens (including phenoxy) is 1. The summed E-state index contributed by atoms with van der Waals surface area (Å²) in [5.41, 5.74) is 1.30. The van der Waals surface area contributed by atoms with Crippen molar-refractivity contribution in [1.29, 1.82) is 0 Å². The predicted octanol–water partition coefficient (Wildman–Crippen LogP) is 2.84. The molecule has 0 radical (unpaired) electrons. The van der Waals surface area contributed by atoms with Crippen LogP contribution in [0.1, 0.15) is 37.7 Å². The summed E-state index contributed by atoms with van der Waals surface area (Å²) >= 11 is 0. The number of methoxy groups -OCH3 is 1. The van der Waals surface area contributed by atoms with Crippen molar-refractivity contribution in [2.24, 2.45) is 4.99 Å². The minimum atomic E-state index is -0.175. The molecule has 1 aliphatic carbocycles. The van der Waals surface area contributed by atoms with E-state index in [1.807, 2.05) is 12.1 Å². The second-order valence-corrected chi connectivity index (χ2v) is 6.19. The Bertz CT molecular complexity index is 495. The fourth-order valence-corrected chi connectivity index (χ4v) is 3.32. The van der Waals surface area contributed by atoms with E-state index in [1.54, 1.807) is 26.3 Å². The van der Waals surface area contributed by atoms with Crippen LogP contribution < -0.4 is 10.6 Å². The molecule has 0 amide bonds. The van der Waals surface area contributed by atoms with Crippen LogP contribution in [0.3, 0.4) is 0 Å². The largest absolute Gasteiger partial charge is 0.385 e. The summed E-state index contributed by atoms with van der Waals surface area (Å²) < 4.78 is 18.3. The lowest BCUT2D eigenvalue weighted by atomic mass is 9.79. The van der Waals surface area contributed by atoms with Gasteiger partial charge in [-0.25, -0.2) is 4.39 Å². The number of hydrogen-bond donors (Lipinski definition) is 2. The van der Waals surface area contributed by atoms with Gasteiger partial charge in [-0.05, 0) is 37.0 Å². The minimum absolute atomic E-state index is 0.0812. The highest BCUT2D eigenvalue weighted by molar-refractivity contribution is 5.79. The standard InChI is InChI=1S/C18H28FN3O/c1-20-17(21-12-5-13-23-2)22-14-18(10-3-4-11-18)15-6-8-16(19)9-7-15/h6-9H,3-5,10-14H2,1-2H3,(H2,20,21,22). The van der Waals surface area contributed by atoms with Gasteiger partial charge in [-0.2, -0.15) is 0 Å². The highest BCUT2D eigenvalue weighted by atomic mass is 19.1. The van der Waals surface area contributed by atoms with E-state index in [9.17, 15) is 4.39 Å². The molecule has 0 atom stereocenters. The molecule has 2 rings (SSSR count). The van der Waals surface area contributed by atoms with Crippen molar-refractivity contribution >= 4 is 5.96 Å². The number of nitrogens with one attached hydrogen (secondary N) is 2. The summed E-state index contributed by atoms with van der Waals surface area (Å²) in [7, 11) is 3.49. The van der Waals surface area contributed by atoms with Gasteiger partial charge in [0.05, 0.1) is 0 Å². The van der Waals surface area contributed by atoms with E-state index in [0.717, 1.165) is 44.9 Å². The first-order valence-electron chi connectivity index (χ1n) is 8.40. The smallest absolute Gasteiger partial charge is 0.191 e. The minimum Gasteiger partial charge on any atom is -0.385 e. The van der Waals surface area contributed by atoms with Crippen LogP contribution in [0.5, 0.6) is 0 Å². The van der Waals surface area contributed by atoms with Crippen molar-refractivity contribution in [2.45, 2.75) is 37.5 Å². The quantitative estimate of drug-likeness (QED) is 0.461. The molecule has 0 unspecified atom stereocenters. The highest BCUT2D eigenvalue weighted by Crippen LogP contribution is 2.40. The Hall–Kier alpha value is -1.62. The van der Waals surface area contributed by atoms with E-state index in [1.165, 1.54) is 18.4 Å². The van der Waals surface area contributed by atoms with Crippen LogP contribution in [0.15, 0.2) is 29.3 Å². The van der Waals surface area contributed by atoms with E-state index in [2.05, 4.69) is 15.6 Å². The van der Waals surface area contributed by atoms with Gasteiger partial charge in [-0.1, -0.05) is 25.0 Å². The maximum Gasteiger partial charge on any atom is 0.191 e. The van der Waals surface area contributed by atoms with Crippen molar-refractivity contribution in [1.82, 2.24) is 10.6 Å². The summed E-state index contributed by atoms with van der Waals surface area (Å²) in [4.78, 5) is 4.28. The Balaban J connectivity index is 1.95. The number of guanidine groups is 1. The average Bonchev–Trinajstić information content (AvgIpc) is 3.05. The zero-order valence-corrected chi connectivity index (χ0v) is 14.2. The third-order valence-electron chi connectivity index (χ3n) is 4.65. The van der Waals surface area contributed by atoms with Gasteiger partial charge in [0.2, 0.25) is 0 Å². The lowest BCUT2D eigenvalue weighted by molar-refractivity contribution is 0.195. The molecule has 1 aliphatic rings. The van der Waals surface area contributed by atoms with Gasteiger partial charge >= 0.3 is 0 Å². The Morgan fingerprint density at radius 2 is 1.91 bits per heavy atom. The second kappa shape index (κ2) is 8.87. The van der Waals surface area contributed by atoms with Gasteiger partial charge < -0.3 is 15.4 Å². The Labute approximate surface area is 138 Å². The number of hydrogen-bond acceptors (Lipinski definition) is 2. The molecule has 128 valence electrons. The van der Waals surface area contributed by atoms with Crippen LogP contribution >= 0.6 is 0 Å². The van der Waals surface area contributed by atoms with Crippen LogP contribution in [-0.2, 0) is 10.2 Å². The van der Waals surface area contributed by atoms with Gasteiger partial charge in [-0.3, -0.25) is 4.99 Å². The molecule has 0 aromatic heterocycles. The summed E-state index contributed by atoms with van der Waals surface area (Å²) in [5.74, 6) is 0.639. The zero-order valence-electron chi connectivity index (χ0n) is 14.2. The monoisotopic (exact) mass is 321 g/mol. The molecular weight excluding hydrogens is 293 g/mol. The lowest BCUT2D eigenvalue weighted by Crippen LogP contribution is -2.45. The third kappa shape index (κ3) is 4.93. The van der Waals surface area contributed by atoms with Crippen molar-refractivity contribution in [2.75, 3.05) is 33.9 Å². The van der Waals surface area contributed by atoms with Gasteiger partial charge in [0.15, 0.2) is 5.96 Å². The van der Waals surface area contributed by atoms with E-state index >= 15 is 0 Å².